The SMILES string of the molecule is CC(C)(C)c1ccnc(-n2c3[c-]c(Oc4[c-]c(-n5[c-][n+](-c6cccc(C(C)(C)c7ccccc7)c6)c(C(C)(C)c6ccccc6)c5)ccc4)ccc3c3cc(-c4ccccc4)ccc32)c1.[Pt]. The molecule has 0 saturated carbocycles. The van der Waals surface area contributed by atoms with Gasteiger partial charge >= 0.3 is 0 Å². The summed E-state index contributed by atoms with van der Waals surface area (Å²) in [6.07, 6.45) is 7.81. The molecule has 66 heavy (non-hydrogen) atoms. The van der Waals surface area contributed by atoms with Crippen LogP contribution in [-0.2, 0) is 37.3 Å². The van der Waals surface area contributed by atoms with E-state index in [1.165, 1.54) is 27.8 Å². The molecular formula is C60H52N4OPt-2. The van der Waals surface area contributed by atoms with Gasteiger partial charge in [0.05, 0.1) is 11.4 Å². The molecule has 0 amide bonds. The number of fused-ring (bicyclic) bond motifs is 3. The summed E-state index contributed by atoms with van der Waals surface area (Å²) < 4.78 is 13.1. The molecule has 7 aromatic carbocycles. The molecule has 0 atom stereocenters. The number of ether oxygens (including phenoxy) is 1. The van der Waals surface area contributed by atoms with Gasteiger partial charge in [0, 0.05) is 61.3 Å². The van der Waals surface area contributed by atoms with Gasteiger partial charge in [-0.05, 0) is 80.2 Å². The minimum absolute atomic E-state index is 0. The molecule has 3 heterocycles. The summed E-state index contributed by atoms with van der Waals surface area (Å²) in [4.78, 5) is 4.92. The van der Waals surface area contributed by atoms with E-state index in [1.54, 1.807) is 0 Å². The topological polar surface area (TPSA) is 35.9 Å². The molecule has 6 heteroatoms. The van der Waals surface area contributed by atoms with Crippen LogP contribution in [0.5, 0.6) is 11.5 Å². The van der Waals surface area contributed by atoms with Gasteiger partial charge in [0.25, 0.3) is 6.33 Å². The van der Waals surface area contributed by atoms with Crippen molar-refractivity contribution in [3.8, 4) is 39.8 Å². The predicted octanol–water partition coefficient (Wildman–Crippen LogP) is 14.1. The number of pyridine rings is 1. The van der Waals surface area contributed by atoms with E-state index >= 15 is 0 Å². The molecule has 0 unspecified atom stereocenters. The Balaban J connectivity index is 0.00000548. The summed E-state index contributed by atoms with van der Waals surface area (Å²) in [5, 5.41) is 2.20. The molecule has 0 bridgehead atoms. The standard InChI is InChI=1S/C60H52N4O.Pt/c1-58(2,3)46-33-34-61-57(37-46)64-54-32-29-43(42-19-11-8-12-20-42)35-53(54)52-31-30-51(39-55(52)64)65-50-28-18-26-48(38-50)62-40-56(60(6,7)45-23-15-10-16-24-45)63(41-62)49-27-17-25-47(36-49)59(4,5)44-21-13-9-14-22-44;/h8-37,40H,1-7H3;/q-2;. The van der Waals surface area contributed by atoms with Gasteiger partial charge < -0.3 is 13.9 Å². The summed E-state index contributed by atoms with van der Waals surface area (Å²) in [5.41, 5.74) is 11.5. The molecule has 0 N–H and O–H groups in total. The summed E-state index contributed by atoms with van der Waals surface area (Å²) in [6.45, 7) is 15.8. The average molecular weight is 1040 g/mol. The Labute approximate surface area is 403 Å². The molecule has 5 nitrogen and oxygen atoms in total. The summed E-state index contributed by atoms with van der Waals surface area (Å²) >= 11 is 0. The maximum atomic E-state index is 6.68. The Morgan fingerprint density at radius 2 is 1.18 bits per heavy atom. The van der Waals surface area contributed by atoms with E-state index < -0.39 is 0 Å². The van der Waals surface area contributed by atoms with Crippen LogP contribution in [0.15, 0.2) is 188 Å². The Kier molecular flexibility index (Phi) is 11.8. The third kappa shape index (κ3) is 8.33. The first-order valence-electron chi connectivity index (χ1n) is 22.4. The van der Waals surface area contributed by atoms with E-state index in [4.69, 9.17) is 9.72 Å². The van der Waals surface area contributed by atoms with Gasteiger partial charge in [-0.15, -0.1) is 29.7 Å². The molecule has 330 valence electrons. The Bertz CT molecular complexity index is 3320. The minimum Gasteiger partial charge on any atom is -0.510 e. The first-order chi connectivity index (χ1) is 31.3. The van der Waals surface area contributed by atoms with Crippen LogP contribution in [0.3, 0.4) is 0 Å². The van der Waals surface area contributed by atoms with Gasteiger partial charge in [-0.3, -0.25) is 4.57 Å². The maximum Gasteiger partial charge on any atom is 0.267 e. The monoisotopic (exact) mass is 1040 g/mol. The van der Waals surface area contributed by atoms with Gasteiger partial charge in [-0.2, -0.15) is 18.2 Å². The fraction of sp³-hybridized carbons (Fsp3) is 0.167. The number of benzene rings is 7. The minimum atomic E-state index is -0.367. The normalized spacial score (nSPS) is 12.0. The van der Waals surface area contributed by atoms with Crippen LogP contribution in [0, 0.1) is 18.5 Å². The van der Waals surface area contributed by atoms with Crippen LogP contribution in [0.25, 0.3) is 50.1 Å². The zero-order valence-corrected chi connectivity index (χ0v) is 40.7. The molecule has 0 aliphatic heterocycles. The number of hydrogen-bond acceptors (Lipinski definition) is 2. The largest absolute Gasteiger partial charge is 0.510 e. The van der Waals surface area contributed by atoms with Crippen molar-refractivity contribution in [2.75, 3.05) is 0 Å². The van der Waals surface area contributed by atoms with E-state index in [0.717, 1.165) is 50.3 Å². The molecule has 0 spiro atoms. The van der Waals surface area contributed by atoms with Crippen LogP contribution in [0.1, 0.15) is 76.4 Å². The van der Waals surface area contributed by atoms with Gasteiger partial charge in [0.15, 0.2) is 0 Å². The molecule has 0 radical (unpaired) electrons. The first kappa shape index (κ1) is 44.4. The van der Waals surface area contributed by atoms with Crippen LogP contribution in [0.2, 0.25) is 0 Å². The van der Waals surface area contributed by atoms with Crippen molar-refractivity contribution in [3.63, 3.8) is 0 Å². The number of nitrogens with zero attached hydrogens (tertiary/aromatic N) is 4. The van der Waals surface area contributed by atoms with Gasteiger partial charge in [-0.25, -0.2) is 4.98 Å². The predicted molar refractivity (Wildman–Crippen MR) is 264 cm³/mol. The van der Waals surface area contributed by atoms with E-state index in [2.05, 4.69) is 234 Å². The molecule has 3 aromatic heterocycles. The van der Waals surface area contributed by atoms with E-state index in [0.29, 0.717) is 11.5 Å². The van der Waals surface area contributed by atoms with Crippen LogP contribution >= 0.6 is 0 Å². The molecule has 10 aromatic rings. The molecule has 0 saturated heterocycles. The van der Waals surface area contributed by atoms with E-state index in [1.807, 2.05) is 35.0 Å². The summed E-state index contributed by atoms with van der Waals surface area (Å²) in [6, 6.07) is 69.1. The fourth-order valence-electron chi connectivity index (χ4n) is 8.98. The first-order valence-corrected chi connectivity index (χ1v) is 22.4. The van der Waals surface area contributed by atoms with Crippen molar-refractivity contribution in [1.29, 1.82) is 0 Å². The van der Waals surface area contributed by atoms with Gasteiger partial charge in [0.1, 0.15) is 5.82 Å². The molecular weight excluding hydrogens is 988 g/mol. The van der Waals surface area contributed by atoms with Crippen molar-refractivity contribution in [2.45, 2.75) is 64.7 Å². The van der Waals surface area contributed by atoms with Crippen molar-refractivity contribution < 1.29 is 30.4 Å². The second-order valence-corrected chi connectivity index (χ2v) is 19.0. The van der Waals surface area contributed by atoms with Gasteiger partial charge in [0.2, 0.25) is 0 Å². The average Bonchev–Trinajstić information content (AvgIpc) is 3.93. The third-order valence-electron chi connectivity index (χ3n) is 13.0. The van der Waals surface area contributed by atoms with Crippen LogP contribution in [-0.4, -0.2) is 14.1 Å². The quantitative estimate of drug-likeness (QED) is 0.101. The zero-order chi connectivity index (χ0) is 44.9. The van der Waals surface area contributed by atoms with Crippen LogP contribution < -0.4 is 9.30 Å². The Morgan fingerprint density at radius 1 is 0.530 bits per heavy atom. The Hall–Kier alpha value is -6.81. The third-order valence-corrected chi connectivity index (χ3v) is 13.0. The van der Waals surface area contributed by atoms with E-state index in [-0.39, 0.29) is 37.3 Å². The zero-order valence-electron chi connectivity index (χ0n) is 38.4. The fourth-order valence-corrected chi connectivity index (χ4v) is 8.98. The number of hydrogen-bond donors (Lipinski definition) is 0. The summed E-state index contributed by atoms with van der Waals surface area (Å²) in [7, 11) is 0. The molecule has 10 rings (SSSR count). The Morgan fingerprint density at radius 3 is 1.89 bits per heavy atom. The maximum absolute atomic E-state index is 6.68. The summed E-state index contributed by atoms with van der Waals surface area (Å²) in [5.74, 6) is 2.00. The van der Waals surface area contributed by atoms with Crippen molar-refractivity contribution in [3.05, 3.63) is 235 Å². The number of imidazole rings is 1. The number of aromatic nitrogens is 4. The molecule has 0 aliphatic carbocycles. The van der Waals surface area contributed by atoms with E-state index in [9.17, 15) is 0 Å². The van der Waals surface area contributed by atoms with Crippen LogP contribution in [0.4, 0.5) is 0 Å². The van der Waals surface area contributed by atoms with Crippen molar-refractivity contribution >= 4 is 21.8 Å². The molecule has 0 aliphatic rings. The molecule has 0 fully saturated rings. The smallest absolute Gasteiger partial charge is 0.267 e. The second kappa shape index (κ2) is 17.5. The van der Waals surface area contributed by atoms with Crippen molar-refractivity contribution in [1.82, 2.24) is 14.1 Å². The van der Waals surface area contributed by atoms with Crippen molar-refractivity contribution in [2.24, 2.45) is 0 Å². The number of rotatable bonds is 10. The van der Waals surface area contributed by atoms with Gasteiger partial charge in [-0.1, -0.05) is 169 Å². The second-order valence-electron chi connectivity index (χ2n) is 19.0.